The standard InChI is InChI=1S/C14H18N4O/c15-9-11-4-3-5-12(8-11)19-10-14-17-16-13-6-1-2-7-18(13)14/h3-5,8H,1-2,6-7,9-10,15H2. The summed E-state index contributed by atoms with van der Waals surface area (Å²) in [5.74, 6) is 2.82. The molecule has 0 spiro atoms. The summed E-state index contributed by atoms with van der Waals surface area (Å²) in [5, 5.41) is 8.43. The summed E-state index contributed by atoms with van der Waals surface area (Å²) in [7, 11) is 0. The van der Waals surface area contributed by atoms with Crippen molar-refractivity contribution in [3.8, 4) is 5.75 Å². The van der Waals surface area contributed by atoms with Crippen LogP contribution in [-0.2, 0) is 26.1 Å². The summed E-state index contributed by atoms with van der Waals surface area (Å²) in [6.07, 6.45) is 3.42. The summed E-state index contributed by atoms with van der Waals surface area (Å²) in [6.45, 7) is 1.99. The van der Waals surface area contributed by atoms with Crippen LogP contribution in [0.1, 0.15) is 30.1 Å². The van der Waals surface area contributed by atoms with Crippen LogP contribution in [0.3, 0.4) is 0 Å². The van der Waals surface area contributed by atoms with Crippen molar-refractivity contribution in [2.24, 2.45) is 5.73 Å². The smallest absolute Gasteiger partial charge is 0.171 e. The maximum Gasteiger partial charge on any atom is 0.171 e. The van der Waals surface area contributed by atoms with Gasteiger partial charge in [-0.15, -0.1) is 10.2 Å². The number of fused-ring (bicyclic) bond motifs is 1. The molecule has 1 aromatic heterocycles. The number of nitrogens with zero attached hydrogens (tertiary/aromatic N) is 3. The van der Waals surface area contributed by atoms with Gasteiger partial charge in [-0.05, 0) is 30.5 Å². The molecule has 100 valence electrons. The van der Waals surface area contributed by atoms with E-state index >= 15 is 0 Å². The van der Waals surface area contributed by atoms with Crippen LogP contribution in [0.2, 0.25) is 0 Å². The molecule has 2 heterocycles. The van der Waals surface area contributed by atoms with Gasteiger partial charge in [-0.3, -0.25) is 0 Å². The average molecular weight is 258 g/mol. The van der Waals surface area contributed by atoms with Crippen molar-refractivity contribution in [2.75, 3.05) is 0 Å². The van der Waals surface area contributed by atoms with Crippen molar-refractivity contribution in [1.29, 1.82) is 0 Å². The van der Waals surface area contributed by atoms with Gasteiger partial charge in [0, 0.05) is 19.5 Å². The van der Waals surface area contributed by atoms with Gasteiger partial charge in [0.05, 0.1) is 0 Å². The Morgan fingerprint density at radius 1 is 1.26 bits per heavy atom. The van der Waals surface area contributed by atoms with E-state index in [-0.39, 0.29) is 0 Å². The number of benzene rings is 1. The Morgan fingerprint density at radius 3 is 3.11 bits per heavy atom. The summed E-state index contributed by atoms with van der Waals surface area (Å²) < 4.78 is 7.96. The highest BCUT2D eigenvalue weighted by molar-refractivity contribution is 5.28. The number of rotatable bonds is 4. The molecule has 5 heteroatoms. The first-order chi connectivity index (χ1) is 9.36. The zero-order chi connectivity index (χ0) is 13.1. The van der Waals surface area contributed by atoms with E-state index in [1.54, 1.807) is 0 Å². The molecule has 19 heavy (non-hydrogen) atoms. The fraction of sp³-hybridized carbons (Fsp3) is 0.429. The van der Waals surface area contributed by atoms with Gasteiger partial charge in [0.15, 0.2) is 5.82 Å². The van der Waals surface area contributed by atoms with Crippen molar-refractivity contribution in [1.82, 2.24) is 14.8 Å². The molecule has 0 unspecified atom stereocenters. The number of aromatic nitrogens is 3. The first-order valence-electron chi connectivity index (χ1n) is 6.69. The second-order valence-corrected chi connectivity index (χ2v) is 4.78. The lowest BCUT2D eigenvalue weighted by molar-refractivity contribution is 0.286. The van der Waals surface area contributed by atoms with E-state index in [0.717, 1.165) is 35.9 Å². The molecule has 0 atom stereocenters. The zero-order valence-corrected chi connectivity index (χ0v) is 10.9. The Bertz CT molecular complexity index is 564. The minimum atomic E-state index is 0.459. The maximum atomic E-state index is 5.78. The number of hydrogen-bond donors (Lipinski definition) is 1. The van der Waals surface area contributed by atoms with Gasteiger partial charge in [-0.25, -0.2) is 0 Å². The summed E-state index contributed by atoms with van der Waals surface area (Å²) in [5.41, 5.74) is 6.69. The zero-order valence-electron chi connectivity index (χ0n) is 10.9. The first kappa shape index (κ1) is 12.2. The molecule has 1 aromatic carbocycles. The van der Waals surface area contributed by atoms with E-state index in [1.807, 2.05) is 24.3 Å². The number of aryl methyl sites for hydroxylation is 1. The van der Waals surface area contributed by atoms with Gasteiger partial charge in [-0.1, -0.05) is 12.1 Å². The lowest BCUT2D eigenvalue weighted by atomic mass is 10.2. The summed E-state index contributed by atoms with van der Waals surface area (Å²) >= 11 is 0. The number of nitrogens with two attached hydrogens (primary N) is 1. The molecule has 0 saturated heterocycles. The van der Waals surface area contributed by atoms with Crippen molar-refractivity contribution in [3.05, 3.63) is 41.5 Å². The van der Waals surface area contributed by atoms with E-state index in [4.69, 9.17) is 10.5 Å². The third-order valence-corrected chi connectivity index (χ3v) is 3.44. The predicted molar refractivity (Wildman–Crippen MR) is 71.6 cm³/mol. The van der Waals surface area contributed by atoms with Gasteiger partial charge < -0.3 is 15.0 Å². The van der Waals surface area contributed by atoms with E-state index in [0.29, 0.717) is 13.2 Å². The van der Waals surface area contributed by atoms with Crippen LogP contribution in [0.5, 0.6) is 5.75 Å². The lowest BCUT2D eigenvalue weighted by Gasteiger charge is -2.15. The molecular weight excluding hydrogens is 240 g/mol. The summed E-state index contributed by atoms with van der Waals surface area (Å²) in [6, 6.07) is 7.85. The highest BCUT2D eigenvalue weighted by atomic mass is 16.5. The topological polar surface area (TPSA) is 66.0 Å². The van der Waals surface area contributed by atoms with E-state index in [2.05, 4.69) is 14.8 Å². The summed E-state index contributed by atoms with van der Waals surface area (Å²) in [4.78, 5) is 0. The highest BCUT2D eigenvalue weighted by Crippen LogP contribution is 2.17. The van der Waals surface area contributed by atoms with Gasteiger partial charge in [-0.2, -0.15) is 0 Å². The highest BCUT2D eigenvalue weighted by Gasteiger charge is 2.15. The van der Waals surface area contributed by atoms with Crippen LogP contribution in [0.4, 0.5) is 0 Å². The van der Waals surface area contributed by atoms with Gasteiger partial charge in [0.25, 0.3) is 0 Å². The van der Waals surface area contributed by atoms with Crippen LogP contribution in [-0.4, -0.2) is 14.8 Å². The fourth-order valence-electron chi connectivity index (χ4n) is 2.39. The van der Waals surface area contributed by atoms with Crippen LogP contribution < -0.4 is 10.5 Å². The average Bonchev–Trinajstić information content (AvgIpc) is 2.89. The maximum absolute atomic E-state index is 5.78. The molecule has 0 radical (unpaired) electrons. The third kappa shape index (κ3) is 2.61. The number of ether oxygens (including phenoxy) is 1. The molecule has 2 aromatic rings. The molecule has 0 bridgehead atoms. The van der Waals surface area contributed by atoms with Crippen LogP contribution in [0, 0.1) is 0 Å². The molecule has 0 saturated carbocycles. The van der Waals surface area contributed by atoms with E-state index < -0.39 is 0 Å². The third-order valence-electron chi connectivity index (χ3n) is 3.44. The van der Waals surface area contributed by atoms with Crippen LogP contribution >= 0.6 is 0 Å². The SMILES string of the molecule is NCc1cccc(OCc2nnc3n2CCCC3)c1. The molecule has 0 aliphatic carbocycles. The van der Waals surface area contributed by atoms with Crippen LogP contribution in [0.15, 0.2) is 24.3 Å². The molecular formula is C14H18N4O. The van der Waals surface area contributed by atoms with E-state index in [1.165, 1.54) is 12.8 Å². The van der Waals surface area contributed by atoms with Gasteiger partial charge in [0.2, 0.25) is 0 Å². The monoisotopic (exact) mass is 258 g/mol. The molecule has 0 fully saturated rings. The minimum Gasteiger partial charge on any atom is -0.486 e. The molecule has 3 rings (SSSR count). The van der Waals surface area contributed by atoms with Gasteiger partial charge in [0.1, 0.15) is 18.2 Å². The Hall–Kier alpha value is -1.88. The quantitative estimate of drug-likeness (QED) is 0.905. The molecule has 1 aliphatic rings. The Labute approximate surface area is 112 Å². The lowest BCUT2D eigenvalue weighted by Crippen LogP contribution is -2.14. The van der Waals surface area contributed by atoms with Crippen molar-refractivity contribution < 1.29 is 4.74 Å². The first-order valence-corrected chi connectivity index (χ1v) is 6.69. The predicted octanol–water partition coefficient (Wildman–Crippen LogP) is 1.65. The molecule has 5 nitrogen and oxygen atoms in total. The van der Waals surface area contributed by atoms with Gasteiger partial charge >= 0.3 is 0 Å². The number of hydrogen-bond acceptors (Lipinski definition) is 4. The largest absolute Gasteiger partial charge is 0.486 e. The minimum absolute atomic E-state index is 0.459. The van der Waals surface area contributed by atoms with Crippen molar-refractivity contribution in [3.63, 3.8) is 0 Å². The molecule has 0 amide bonds. The van der Waals surface area contributed by atoms with Crippen molar-refractivity contribution in [2.45, 2.75) is 39.0 Å². The second kappa shape index (κ2) is 5.40. The Morgan fingerprint density at radius 2 is 2.21 bits per heavy atom. The molecule has 2 N–H and O–H groups in total. The van der Waals surface area contributed by atoms with Crippen LogP contribution in [0.25, 0.3) is 0 Å². The van der Waals surface area contributed by atoms with E-state index in [9.17, 15) is 0 Å². The normalized spacial score (nSPS) is 14.2. The Kier molecular flexibility index (Phi) is 3.46. The second-order valence-electron chi connectivity index (χ2n) is 4.78. The van der Waals surface area contributed by atoms with Crippen molar-refractivity contribution >= 4 is 0 Å². The molecule has 1 aliphatic heterocycles. The Balaban J connectivity index is 1.70. The fourth-order valence-corrected chi connectivity index (χ4v) is 2.39.